The molecule has 0 spiro atoms. The van der Waals surface area contributed by atoms with Gasteiger partial charge in [0, 0.05) is 22.8 Å². The Morgan fingerprint density at radius 1 is 1.03 bits per heavy atom. The number of fused-ring (bicyclic) bond motifs is 1. The van der Waals surface area contributed by atoms with Gasteiger partial charge < -0.3 is 4.42 Å². The minimum atomic E-state index is -0.760. The molecule has 0 aliphatic carbocycles. The number of nitrogens with one attached hydrogen (secondary N) is 1. The highest BCUT2D eigenvalue weighted by Crippen LogP contribution is 2.13. The average Bonchev–Trinajstić information content (AvgIpc) is 3.00. The summed E-state index contributed by atoms with van der Waals surface area (Å²) >= 11 is 5.36. The summed E-state index contributed by atoms with van der Waals surface area (Å²) in [6, 6.07) is 17.0. The fourth-order valence-corrected chi connectivity index (χ4v) is 3.31. The molecule has 2 aromatic heterocycles. The Labute approximate surface area is 169 Å². The first kappa shape index (κ1) is 18.6. The van der Waals surface area contributed by atoms with Crippen LogP contribution in [0.25, 0.3) is 11.0 Å². The molecular weight excluding hydrogens is 390 g/mol. The highest BCUT2D eigenvalue weighted by atomic mass is 32.1. The highest BCUT2D eigenvalue weighted by Gasteiger charge is 2.18. The number of carbonyl (C=O) groups is 2. The van der Waals surface area contributed by atoms with Crippen molar-refractivity contribution in [2.75, 3.05) is 5.43 Å². The van der Waals surface area contributed by atoms with Crippen LogP contribution >= 0.6 is 12.2 Å². The van der Waals surface area contributed by atoms with E-state index in [2.05, 4.69) is 5.43 Å². The Morgan fingerprint density at radius 3 is 2.48 bits per heavy atom. The van der Waals surface area contributed by atoms with Gasteiger partial charge in [0.2, 0.25) is 4.77 Å². The van der Waals surface area contributed by atoms with E-state index in [0.717, 1.165) is 0 Å². The van der Waals surface area contributed by atoms with Crippen LogP contribution in [0.5, 0.6) is 0 Å². The molecule has 8 heteroatoms. The largest absolute Gasteiger partial charge is 0.422 e. The van der Waals surface area contributed by atoms with E-state index in [1.165, 1.54) is 21.5 Å². The van der Waals surface area contributed by atoms with Crippen molar-refractivity contribution in [2.24, 2.45) is 0 Å². The second-order valence-corrected chi connectivity index (χ2v) is 6.72. The maximum atomic E-state index is 12.8. The molecule has 0 aliphatic heterocycles. The number of hydrogen-bond donors (Lipinski definition) is 1. The molecule has 0 aliphatic rings. The second kappa shape index (κ2) is 7.33. The van der Waals surface area contributed by atoms with Gasteiger partial charge in [-0.25, -0.2) is 9.47 Å². The smallest absolute Gasteiger partial charge is 0.349 e. The second-order valence-electron chi connectivity index (χ2n) is 6.36. The van der Waals surface area contributed by atoms with Gasteiger partial charge in [0.1, 0.15) is 11.1 Å². The van der Waals surface area contributed by atoms with Gasteiger partial charge in [-0.2, -0.15) is 0 Å². The lowest BCUT2D eigenvalue weighted by atomic mass is 10.2. The van der Waals surface area contributed by atoms with Crippen molar-refractivity contribution in [1.82, 2.24) is 9.24 Å². The molecule has 2 aromatic carbocycles. The molecule has 4 aromatic rings. The Hall–Kier alpha value is -3.78. The van der Waals surface area contributed by atoms with Gasteiger partial charge in [0.25, 0.3) is 11.8 Å². The fraction of sp³-hybridized carbons (Fsp3) is 0.0476. The van der Waals surface area contributed by atoms with E-state index in [1.54, 1.807) is 55.5 Å². The molecule has 2 heterocycles. The number of hydrogen-bond acceptors (Lipinski definition) is 5. The molecule has 0 bridgehead atoms. The number of rotatable bonds is 3. The van der Waals surface area contributed by atoms with Crippen LogP contribution in [-0.4, -0.2) is 21.1 Å². The number of aromatic nitrogens is 2. The van der Waals surface area contributed by atoms with E-state index >= 15 is 0 Å². The van der Waals surface area contributed by atoms with Crippen molar-refractivity contribution >= 4 is 35.0 Å². The van der Waals surface area contributed by atoms with Gasteiger partial charge in [-0.05, 0) is 43.4 Å². The number of nitrogens with zero attached hydrogens (tertiary/aromatic N) is 2. The Bertz CT molecular complexity index is 1370. The first-order valence-electron chi connectivity index (χ1n) is 8.71. The van der Waals surface area contributed by atoms with Crippen molar-refractivity contribution in [1.29, 1.82) is 0 Å². The average molecular weight is 405 g/mol. The quantitative estimate of drug-likeness (QED) is 0.416. The van der Waals surface area contributed by atoms with Crippen molar-refractivity contribution in [3.8, 4) is 0 Å². The molecule has 0 radical (unpaired) electrons. The van der Waals surface area contributed by atoms with Crippen LogP contribution in [0, 0.1) is 11.7 Å². The van der Waals surface area contributed by atoms with E-state index < -0.39 is 11.5 Å². The van der Waals surface area contributed by atoms with E-state index in [9.17, 15) is 14.4 Å². The third-order valence-corrected chi connectivity index (χ3v) is 4.78. The van der Waals surface area contributed by atoms with Gasteiger partial charge in [-0.15, -0.1) is 0 Å². The number of aryl methyl sites for hydroxylation is 1. The number of carbonyl (C=O) groups excluding carboxylic acids is 2. The third kappa shape index (κ3) is 3.41. The summed E-state index contributed by atoms with van der Waals surface area (Å²) in [6.45, 7) is 1.70. The molecule has 0 atom stereocenters. The van der Waals surface area contributed by atoms with Crippen molar-refractivity contribution < 1.29 is 14.0 Å². The first-order valence-corrected chi connectivity index (χ1v) is 9.11. The monoisotopic (exact) mass is 405 g/mol. The van der Waals surface area contributed by atoms with Crippen LogP contribution < -0.4 is 11.1 Å². The molecule has 1 amide bonds. The van der Waals surface area contributed by atoms with Crippen molar-refractivity contribution in [3.05, 3.63) is 98.9 Å². The maximum absolute atomic E-state index is 12.8. The number of benzene rings is 2. The van der Waals surface area contributed by atoms with Gasteiger partial charge in [0.15, 0.2) is 0 Å². The normalized spacial score (nSPS) is 10.8. The standard InChI is InChI=1S/C21H15N3O4S/c1-13-12-23(21(29)24(13)19(26)14-7-3-2-4-8-14)22-18(25)16-11-15-9-5-6-10-17(15)28-20(16)27/h2-12H,1H3,(H,22,25). The van der Waals surface area contributed by atoms with Gasteiger partial charge in [-0.1, -0.05) is 36.4 Å². The fourth-order valence-electron chi connectivity index (χ4n) is 2.99. The zero-order valence-electron chi connectivity index (χ0n) is 15.3. The van der Waals surface area contributed by atoms with Crippen LogP contribution in [0.1, 0.15) is 26.4 Å². The molecule has 0 saturated carbocycles. The molecule has 29 heavy (non-hydrogen) atoms. The summed E-state index contributed by atoms with van der Waals surface area (Å²) in [7, 11) is 0. The van der Waals surface area contributed by atoms with Crippen LogP contribution in [0.15, 0.2) is 76.1 Å². The molecule has 4 rings (SSSR count). The predicted octanol–water partition coefficient (Wildman–Crippen LogP) is 3.51. The van der Waals surface area contributed by atoms with Crippen LogP contribution in [0.4, 0.5) is 0 Å². The van der Waals surface area contributed by atoms with Crippen molar-refractivity contribution in [2.45, 2.75) is 6.92 Å². The number of para-hydroxylation sites is 1. The summed E-state index contributed by atoms with van der Waals surface area (Å²) in [5, 5.41) is 0.619. The minimum Gasteiger partial charge on any atom is -0.422 e. The molecule has 0 unspecified atom stereocenters. The minimum absolute atomic E-state index is 0.0786. The zero-order chi connectivity index (χ0) is 20.5. The van der Waals surface area contributed by atoms with Gasteiger partial charge >= 0.3 is 5.63 Å². The lowest BCUT2D eigenvalue weighted by molar-refractivity contribution is 0.0951. The Morgan fingerprint density at radius 2 is 1.72 bits per heavy atom. The molecule has 7 nitrogen and oxygen atoms in total. The number of imidazole rings is 1. The number of amides is 1. The van der Waals surface area contributed by atoms with Crippen LogP contribution in [0.3, 0.4) is 0 Å². The summed E-state index contributed by atoms with van der Waals surface area (Å²) in [4.78, 5) is 37.6. The van der Waals surface area contributed by atoms with E-state index in [1.807, 2.05) is 6.07 Å². The lowest BCUT2D eigenvalue weighted by Crippen LogP contribution is -2.27. The summed E-state index contributed by atoms with van der Waals surface area (Å²) in [6.07, 6.45) is 1.52. The third-order valence-electron chi connectivity index (χ3n) is 4.40. The molecular formula is C21H15N3O4S. The Kier molecular flexibility index (Phi) is 4.69. The SMILES string of the molecule is Cc1cn(NC(=O)c2cc3ccccc3oc2=O)c(=S)n1C(=O)c1ccccc1. The van der Waals surface area contributed by atoms with E-state index in [4.69, 9.17) is 16.6 Å². The zero-order valence-corrected chi connectivity index (χ0v) is 16.1. The van der Waals surface area contributed by atoms with Gasteiger partial charge in [-0.3, -0.25) is 19.6 Å². The first-order chi connectivity index (χ1) is 14.0. The highest BCUT2D eigenvalue weighted by molar-refractivity contribution is 7.71. The maximum Gasteiger partial charge on any atom is 0.349 e. The summed E-state index contributed by atoms with van der Waals surface area (Å²) in [5.74, 6) is -1.00. The van der Waals surface area contributed by atoms with Crippen LogP contribution in [-0.2, 0) is 0 Å². The summed E-state index contributed by atoms with van der Waals surface area (Å²) in [5.41, 5.74) is 3.01. The van der Waals surface area contributed by atoms with E-state index in [0.29, 0.717) is 22.2 Å². The van der Waals surface area contributed by atoms with Crippen molar-refractivity contribution in [3.63, 3.8) is 0 Å². The molecule has 0 saturated heterocycles. The van der Waals surface area contributed by atoms with Crippen LogP contribution in [0.2, 0.25) is 0 Å². The molecule has 1 N–H and O–H groups in total. The topological polar surface area (TPSA) is 86.2 Å². The predicted molar refractivity (Wildman–Crippen MR) is 110 cm³/mol. The van der Waals surface area contributed by atoms with Gasteiger partial charge in [0.05, 0.1) is 0 Å². The molecule has 144 valence electrons. The summed E-state index contributed by atoms with van der Waals surface area (Å²) < 4.78 is 7.83. The van der Waals surface area contributed by atoms with E-state index in [-0.39, 0.29) is 16.2 Å². The molecule has 0 fully saturated rings. The lowest BCUT2D eigenvalue weighted by Gasteiger charge is -2.06. The Balaban J connectivity index is 1.68.